The second-order valence-electron chi connectivity index (χ2n) is 10.0. The standard InChI is InChI=1S/C26H31N7O3/c1-16-9-23-21(24-22(25(34)30-23)12-29-33(24)19-3-7-36-8-4-19)10-20(16)26(35)32-6-5-31(17(2)13-32)14-18-11-27-15-28-18/h9-12,15,17,19H,3-8,13-14H2,1-2H3,(H,27,28)(H,30,34). The molecule has 0 aliphatic carbocycles. The molecule has 2 fully saturated rings. The summed E-state index contributed by atoms with van der Waals surface area (Å²) < 4.78 is 7.50. The van der Waals surface area contributed by atoms with Crippen LogP contribution >= 0.6 is 0 Å². The number of carbonyl (C=O) groups excluding carboxylic acids is 1. The number of amides is 1. The Balaban J connectivity index is 1.34. The van der Waals surface area contributed by atoms with Gasteiger partial charge in [0.15, 0.2) is 0 Å². The van der Waals surface area contributed by atoms with Crippen LogP contribution in [-0.4, -0.2) is 79.3 Å². The highest BCUT2D eigenvalue weighted by atomic mass is 16.5. The maximum Gasteiger partial charge on any atom is 0.259 e. The topological polar surface area (TPSA) is 112 Å². The van der Waals surface area contributed by atoms with Gasteiger partial charge in [0.2, 0.25) is 0 Å². The van der Waals surface area contributed by atoms with Crippen molar-refractivity contribution in [2.45, 2.75) is 45.3 Å². The molecular weight excluding hydrogens is 458 g/mol. The highest BCUT2D eigenvalue weighted by Crippen LogP contribution is 2.30. The molecule has 36 heavy (non-hydrogen) atoms. The molecule has 2 saturated heterocycles. The van der Waals surface area contributed by atoms with Crippen LogP contribution in [0.3, 0.4) is 0 Å². The average molecular weight is 490 g/mol. The van der Waals surface area contributed by atoms with Crippen LogP contribution in [0.4, 0.5) is 0 Å². The summed E-state index contributed by atoms with van der Waals surface area (Å²) in [5.74, 6) is 0.0268. The van der Waals surface area contributed by atoms with Gasteiger partial charge >= 0.3 is 0 Å². The molecule has 0 saturated carbocycles. The molecule has 5 heterocycles. The molecule has 3 aromatic heterocycles. The zero-order valence-electron chi connectivity index (χ0n) is 20.7. The fourth-order valence-corrected chi connectivity index (χ4v) is 5.61. The zero-order chi connectivity index (χ0) is 24.8. The zero-order valence-corrected chi connectivity index (χ0v) is 20.7. The Morgan fingerprint density at radius 3 is 2.75 bits per heavy atom. The smallest absolute Gasteiger partial charge is 0.259 e. The van der Waals surface area contributed by atoms with Crippen LogP contribution < -0.4 is 5.56 Å². The Bertz CT molecular complexity index is 1470. The van der Waals surface area contributed by atoms with Gasteiger partial charge < -0.3 is 19.6 Å². The first-order chi connectivity index (χ1) is 17.5. The summed E-state index contributed by atoms with van der Waals surface area (Å²) in [6.07, 6.45) is 6.89. The number of hydrogen-bond donors (Lipinski definition) is 2. The van der Waals surface area contributed by atoms with Crippen molar-refractivity contribution < 1.29 is 9.53 Å². The van der Waals surface area contributed by atoms with Gasteiger partial charge in [-0.15, -0.1) is 0 Å². The summed E-state index contributed by atoms with van der Waals surface area (Å²) in [7, 11) is 0. The van der Waals surface area contributed by atoms with E-state index in [1.165, 1.54) is 0 Å². The Hall–Kier alpha value is -3.50. The molecule has 1 aromatic carbocycles. The van der Waals surface area contributed by atoms with Gasteiger partial charge in [-0.25, -0.2) is 4.98 Å². The number of aromatic nitrogens is 5. The van der Waals surface area contributed by atoms with E-state index in [1.54, 1.807) is 12.5 Å². The van der Waals surface area contributed by atoms with E-state index in [-0.39, 0.29) is 23.6 Å². The third-order valence-corrected chi connectivity index (χ3v) is 7.66. The number of H-pyrrole nitrogens is 2. The predicted molar refractivity (Wildman–Crippen MR) is 136 cm³/mol. The molecular formula is C26H31N7O3. The number of ether oxygens (including phenoxy) is 1. The van der Waals surface area contributed by atoms with Crippen LogP contribution in [-0.2, 0) is 11.3 Å². The Kier molecular flexibility index (Phi) is 5.85. The van der Waals surface area contributed by atoms with Gasteiger partial charge in [-0.05, 0) is 44.4 Å². The lowest BCUT2D eigenvalue weighted by Crippen LogP contribution is -2.53. The van der Waals surface area contributed by atoms with Crippen molar-refractivity contribution in [3.8, 4) is 0 Å². The molecule has 1 unspecified atom stereocenters. The van der Waals surface area contributed by atoms with E-state index in [0.717, 1.165) is 53.6 Å². The molecule has 1 amide bonds. The van der Waals surface area contributed by atoms with E-state index in [9.17, 15) is 9.59 Å². The number of nitrogens with one attached hydrogen (secondary N) is 2. The number of nitrogens with zero attached hydrogens (tertiary/aromatic N) is 5. The van der Waals surface area contributed by atoms with Gasteiger partial charge in [0.05, 0.1) is 35.0 Å². The number of pyridine rings is 1. The van der Waals surface area contributed by atoms with E-state index in [1.807, 2.05) is 34.8 Å². The second-order valence-corrected chi connectivity index (χ2v) is 10.0. The minimum absolute atomic E-state index is 0.0268. The number of aryl methyl sites for hydroxylation is 1. The number of piperazine rings is 1. The molecule has 188 valence electrons. The van der Waals surface area contributed by atoms with Crippen LogP contribution in [0.15, 0.2) is 35.6 Å². The number of aromatic amines is 2. The van der Waals surface area contributed by atoms with Gasteiger partial charge in [-0.2, -0.15) is 5.10 Å². The molecule has 2 aliphatic heterocycles. The minimum Gasteiger partial charge on any atom is -0.381 e. The van der Waals surface area contributed by atoms with Crippen molar-refractivity contribution in [2.24, 2.45) is 0 Å². The summed E-state index contributed by atoms with van der Waals surface area (Å²) in [4.78, 5) is 41.1. The monoisotopic (exact) mass is 489 g/mol. The van der Waals surface area contributed by atoms with Gasteiger partial charge in [-0.3, -0.25) is 19.2 Å². The maximum atomic E-state index is 13.7. The van der Waals surface area contributed by atoms with Crippen LogP contribution in [0.1, 0.15) is 47.4 Å². The average Bonchev–Trinajstić information content (AvgIpc) is 3.56. The van der Waals surface area contributed by atoms with Crippen molar-refractivity contribution >= 4 is 27.7 Å². The van der Waals surface area contributed by atoms with Crippen molar-refractivity contribution in [1.29, 1.82) is 0 Å². The fourth-order valence-electron chi connectivity index (χ4n) is 5.61. The molecule has 0 spiro atoms. The summed E-state index contributed by atoms with van der Waals surface area (Å²) >= 11 is 0. The normalized spacial score (nSPS) is 19.9. The Morgan fingerprint density at radius 1 is 1.17 bits per heavy atom. The number of imidazole rings is 1. The highest BCUT2D eigenvalue weighted by Gasteiger charge is 2.29. The molecule has 2 N–H and O–H groups in total. The lowest BCUT2D eigenvalue weighted by molar-refractivity contribution is 0.0492. The van der Waals surface area contributed by atoms with Crippen LogP contribution in [0.2, 0.25) is 0 Å². The van der Waals surface area contributed by atoms with E-state index in [4.69, 9.17) is 4.74 Å². The van der Waals surface area contributed by atoms with Crippen molar-refractivity contribution in [3.63, 3.8) is 0 Å². The molecule has 1 atom stereocenters. The third-order valence-electron chi connectivity index (χ3n) is 7.66. The number of fused-ring (bicyclic) bond motifs is 3. The molecule has 10 heteroatoms. The maximum absolute atomic E-state index is 13.7. The van der Waals surface area contributed by atoms with E-state index >= 15 is 0 Å². The molecule has 0 bridgehead atoms. The predicted octanol–water partition coefficient (Wildman–Crippen LogP) is 2.61. The summed E-state index contributed by atoms with van der Waals surface area (Å²) in [5.41, 5.74) is 3.97. The summed E-state index contributed by atoms with van der Waals surface area (Å²) in [6.45, 7) is 8.36. The van der Waals surface area contributed by atoms with E-state index in [2.05, 4.69) is 31.9 Å². The second kappa shape index (κ2) is 9.18. The van der Waals surface area contributed by atoms with Crippen LogP contribution in [0, 0.1) is 6.92 Å². The molecule has 4 aromatic rings. The fraction of sp³-hybridized carbons (Fsp3) is 0.462. The number of carbonyl (C=O) groups is 1. The SMILES string of the molecule is Cc1cc2[nH]c(=O)c3cnn(C4CCOCC4)c3c2cc1C(=O)N1CCN(Cc2cnc[nH]2)C(C)C1. The number of benzene rings is 1. The van der Waals surface area contributed by atoms with Gasteiger partial charge in [0.25, 0.3) is 11.5 Å². The Labute approximate surface area is 208 Å². The van der Waals surface area contributed by atoms with Crippen molar-refractivity contribution in [3.05, 3.63) is 58.0 Å². The first-order valence-electron chi connectivity index (χ1n) is 12.6. The quantitative estimate of drug-likeness (QED) is 0.456. The third kappa shape index (κ3) is 4.00. The largest absolute Gasteiger partial charge is 0.381 e. The first-order valence-corrected chi connectivity index (χ1v) is 12.6. The van der Waals surface area contributed by atoms with Gasteiger partial charge in [0.1, 0.15) is 0 Å². The van der Waals surface area contributed by atoms with Gasteiger partial charge in [0, 0.05) is 68.3 Å². The summed E-state index contributed by atoms with van der Waals surface area (Å²) in [5, 5.41) is 6.01. The number of rotatable bonds is 4. The van der Waals surface area contributed by atoms with Crippen molar-refractivity contribution in [1.82, 2.24) is 34.5 Å². The molecule has 2 aliphatic rings. The van der Waals surface area contributed by atoms with E-state index < -0.39 is 0 Å². The lowest BCUT2D eigenvalue weighted by atomic mass is 10.0. The Morgan fingerprint density at radius 2 is 2.00 bits per heavy atom. The van der Waals surface area contributed by atoms with Crippen LogP contribution in [0.25, 0.3) is 21.8 Å². The summed E-state index contributed by atoms with van der Waals surface area (Å²) in [6, 6.07) is 4.27. The van der Waals surface area contributed by atoms with E-state index in [0.29, 0.717) is 37.3 Å². The molecule has 0 radical (unpaired) electrons. The number of hydrogen-bond acceptors (Lipinski definition) is 6. The highest BCUT2D eigenvalue weighted by molar-refractivity contribution is 6.07. The molecule has 6 rings (SSSR count). The first kappa shape index (κ1) is 22.9. The van der Waals surface area contributed by atoms with Crippen molar-refractivity contribution in [2.75, 3.05) is 32.8 Å². The lowest BCUT2D eigenvalue weighted by Gasteiger charge is -2.39. The van der Waals surface area contributed by atoms with Gasteiger partial charge in [-0.1, -0.05) is 0 Å². The minimum atomic E-state index is -0.156. The molecule has 10 nitrogen and oxygen atoms in total. The van der Waals surface area contributed by atoms with Crippen LogP contribution in [0.5, 0.6) is 0 Å².